The van der Waals surface area contributed by atoms with Crippen LogP contribution in [0.3, 0.4) is 0 Å². The van der Waals surface area contributed by atoms with Crippen molar-refractivity contribution in [3.63, 3.8) is 0 Å². The summed E-state index contributed by atoms with van der Waals surface area (Å²) in [6.45, 7) is 6.02. The Morgan fingerprint density at radius 1 is 1.10 bits per heavy atom. The predicted octanol–water partition coefficient (Wildman–Crippen LogP) is 5.91. The molecule has 1 amide bonds. The fourth-order valence-corrected chi connectivity index (χ4v) is 5.76. The van der Waals surface area contributed by atoms with Gasteiger partial charge in [-0.3, -0.25) is 4.79 Å². The highest BCUT2D eigenvalue weighted by Crippen LogP contribution is 2.35. The maximum atomic E-state index is 13.1. The number of hydrogen-bond donors (Lipinski definition) is 0. The van der Waals surface area contributed by atoms with E-state index in [1.165, 1.54) is 21.2 Å². The molecule has 4 aromatic rings. The van der Waals surface area contributed by atoms with Crippen LogP contribution in [-0.2, 0) is 11.3 Å². The Hall–Kier alpha value is -2.63. The van der Waals surface area contributed by atoms with E-state index in [2.05, 4.69) is 47.2 Å². The minimum Gasteiger partial charge on any atom is -0.380 e. The predicted molar refractivity (Wildman–Crippen MR) is 128 cm³/mol. The number of likely N-dealkylation sites (tertiary alicyclic amines) is 1. The summed E-state index contributed by atoms with van der Waals surface area (Å²) in [7, 11) is 0. The van der Waals surface area contributed by atoms with E-state index in [0.29, 0.717) is 5.92 Å². The Kier molecular flexibility index (Phi) is 5.79. The van der Waals surface area contributed by atoms with Crippen LogP contribution in [0.1, 0.15) is 40.9 Å². The van der Waals surface area contributed by atoms with Gasteiger partial charge in [0.05, 0.1) is 11.5 Å². The molecule has 0 N–H and O–H groups in total. The molecule has 0 bridgehead atoms. The van der Waals surface area contributed by atoms with Crippen molar-refractivity contribution in [3.05, 3.63) is 71.2 Å². The number of nitrogens with zero attached hydrogens (tertiary/aromatic N) is 2. The zero-order valence-corrected chi connectivity index (χ0v) is 18.7. The molecule has 160 valence electrons. The molecule has 1 fully saturated rings. The highest BCUT2D eigenvalue weighted by Gasteiger charge is 2.27. The first-order valence-electron chi connectivity index (χ1n) is 11.2. The van der Waals surface area contributed by atoms with Crippen LogP contribution in [0.5, 0.6) is 0 Å². The molecule has 0 spiro atoms. The molecule has 4 nitrogen and oxygen atoms in total. The highest BCUT2D eigenvalue weighted by atomic mass is 32.1. The molecule has 2 aromatic heterocycles. The van der Waals surface area contributed by atoms with Gasteiger partial charge in [-0.1, -0.05) is 36.4 Å². The SMILES string of the molecule is CCOCCn1cc(C2CCN(C(=O)c3cc4ccccc4s3)CC2)c2ccccc21. The lowest BCUT2D eigenvalue weighted by molar-refractivity contribution is 0.0718. The second kappa shape index (κ2) is 8.85. The summed E-state index contributed by atoms with van der Waals surface area (Å²) in [6, 6.07) is 18.9. The van der Waals surface area contributed by atoms with E-state index in [9.17, 15) is 4.79 Å². The molecule has 5 rings (SSSR count). The molecule has 0 atom stereocenters. The Morgan fingerprint density at radius 3 is 2.68 bits per heavy atom. The molecule has 0 aliphatic carbocycles. The van der Waals surface area contributed by atoms with Gasteiger partial charge >= 0.3 is 0 Å². The van der Waals surface area contributed by atoms with E-state index in [-0.39, 0.29) is 5.91 Å². The summed E-state index contributed by atoms with van der Waals surface area (Å²) in [5.41, 5.74) is 2.70. The van der Waals surface area contributed by atoms with Crippen LogP contribution in [0.25, 0.3) is 21.0 Å². The van der Waals surface area contributed by atoms with Gasteiger partial charge in [-0.05, 0) is 54.8 Å². The summed E-state index contributed by atoms with van der Waals surface area (Å²) in [6.07, 6.45) is 4.34. The van der Waals surface area contributed by atoms with Gasteiger partial charge in [-0.15, -0.1) is 11.3 Å². The fraction of sp³-hybridized carbons (Fsp3) is 0.346. The number of thiophene rings is 1. The van der Waals surface area contributed by atoms with E-state index < -0.39 is 0 Å². The summed E-state index contributed by atoms with van der Waals surface area (Å²) >= 11 is 1.60. The third-order valence-corrected chi connectivity index (χ3v) is 7.46. The number of benzene rings is 2. The van der Waals surface area contributed by atoms with Gasteiger partial charge in [-0.2, -0.15) is 0 Å². The number of rotatable bonds is 6. The number of fused-ring (bicyclic) bond motifs is 2. The Bertz CT molecular complexity index is 1170. The number of amides is 1. The average Bonchev–Trinajstić information content (AvgIpc) is 3.41. The lowest BCUT2D eigenvalue weighted by atomic mass is 9.89. The normalized spacial score (nSPS) is 15.2. The van der Waals surface area contributed by atoms with Crippen molar-refractivity contribution < 1.29 is 9.53 Å². The highest BCUT2D eigenvalue weighted by molar-refractivity contribution is 7.20. The molecule has 0 radical (unpaired) electrons. The smallest absolute Gasteiger partial charge is 0.263 e. The van der Waals surface area contributed by atoms with Crippen molar-refractivity contribution in [3.8, 4) is 0 Å². The quantitative estimate of drug-likeness (QED) is 0.355. The van der Waals surface area contributed by atoms with Crippen molar-refractivity contribution in [2.45, 2.75) is 32.2 Å². The van der Waals surface area contributed by atoms with E-state index in [0.717, 1.165) is 56.0 Å². The fourth-order valence-electron chi connectivity index (χ4n) is 4.73. The third kappa shape index (κ3) is 4.00. The van der Waals surface area contributed by atoms with Crippen LogP contribution < -0.4 is 0 Å². The van der Waals surface area contributed by atoms with Crippen LogP contribution in [0.4, 0.5) is 0 Å². The minimum atomic E-state index is 0.179. The third-order valence-electron chi connectivity index (χ3n) is 6.36. The van der Waals surface area contributed by atoms with Crippen LogP contribution in [0.2, 0.25) is 0 Å². The van der Waals surface area contributed by atoms with Gasteiger partial charge in [0.15, 0.2) is 0 Å². The maximum Gasteiger partial charge on any atom is 0.263 e. The Morgan fingerprint density at radius 2 is 1.87 bits per heavy atom. The van der Waals surface area contributed by atoms with Gasteiger partial charge in [0.1, 0.15) is 0 Å². The molecular formula is C26H28N2O2S. The summed E-state index contributed by atoms with van der Waals surface area (Å²) in [4.78, 5) is 16.0. The molecule has 31 heavy (non-hydrogen) atoms. The van der Waals surface area contributed by atoms with Crippen molar-refractivity contribution in [2.75, 3.05) is 26.3 Å². The van der Waals surface area contributed by atoms with Crippen molar-refractivity contribution in [1.82, 2.24) is 9.47 Å². The zero-order valence-electron chi connectivity index (χ0n) is 17.9. The Labute approximate surface area is 187 Å². The number of para-hydroxylation sites is 1. The van der Waals surface area contributed by atoms with Crippen LogP contribution in [0.15, 0.2) is 60.8 Å². The van der Waals surface area contributed by atoms with Crippen molar-refractivity contribution in [1.29, 1.82) is 0 Å². The summed E-state index contributed by atoms with van der Waals surface area (Å²) in [5.74, 6) is 0.670. The molecular weight excluding hydrogens is 404 g/mol. The van der Waals surface area contributed by atoms with Crippen molar-refractivity contribution in [2.24, 2.45) is 0 Å². The van der Waals surface area contributed by atoms with Crippen molar-refractivity contribution >= 4 is 38.2 Å². The molecule has 0 unspecified atom stereocenters. The zero-order chi connectivity index (χ0) is 21.2. The van der Waals surface area contributed by atoms with E-state index in [1.807, 2.05) is 30.0 Å². The van der Waals surface area contributed by atoms with Gasteiger partial charge in [0, 0.05) is 48.0 Å². The number of ether oxygens (including phenoxy) is 1. The maximum absolute atomic E-state index is 13.1. The molecule has 1 saturated heterocycles. The number of piperidine rings is 1. The van der Waals surface area contributed by atoms with E-state index >= 15 is 0 Å². The average molecular weight is 433 g/mol. The number of carbonyl (C=O) groups excluding carboxylic acids is 1. The van der Waals surface area contributed by atoms with Crippen LogP contribution >= 0.6 is 11.3 Å². The molecule has 2 aromatic carbocycles. The second-order valence-corrected chi connectivity index (χ2v) is 9.29. The number of hydrogen-bond acceptors (Lipinski definition) is 3. The molecule has 3 heterocycles. The summed E-state index contributed by atoms with van der Waals surface area (Å²) in [5, 5.41) is 2.50. The lowest BCUT2D eigenvalue weighted by Gasteiger charge is -2.31. The van der Waals surface area contributed by atoms with Crippen LogP contribution in [-0.4, -0.2) is 41.7 Å². The monoisotopic (exact) mass is 432 g/mol. The first-order chi connectivity index (χ1) is 15.2. The van der Waals surface area contributed by atoms with Gasteiger partial charge in [0.2, 0.25) is 0 Å². The van der Waals surface area contributed by atoms with E-state index in [1.54, 1.807) is 11.3 Å². The number of carbonyl (C=O) groups is 1. The van der Waals surface area contributed by atoms with Gasteiger partial charge < -0.3 is 14.2 Å². The lowest BCUT2D eigenvalue weighted by Crippen LogP contribution is -2.37. The topological polar surface area (TPSA) is 34.5 Å². The van der Waals surface area contributed by atoms with Gasteiger partial charge in [-0.25, -0.2) is 0 Å². The number of aromatic nitrogens is 1. The van der Waals surface area contributed by atoms with Gasteiger partial charge in [0.25, 0.3) is 5.91 Å². The molecule has 5 heteroatoms. The molecule has 1 aliphatic heterocycles. The minimum absolute atomic E-state index is 0.179. The first-order valence-corrected chi connectivity index (χ1v) is 12.0. The molecule has 1 aliphatic rings. The second-order valence-electron chi connectivity index (χ2n) is 8.21. The summed E-state index contributed by atoms with van der Waals surface area (Å²) < 4.78 is 9.09. The van der Waals surface area contributed by atoms with E-state index in [4.69, 9.17) is 4.74 Å². The standard InChI is InChI=1S/C26H28N2O2S/c1-2-30-16-15-28-18-22(21-8-4-5-9-23(21)28)19-11-13-27(14-12-19)26(29)25-17-20-7-3-6-10-24(20)31-25/h3-10,17-19H,2,11-16H2,1H3. The van der Waals surface area contributed by atoms with Crippen LogP contribution in [0, 0.1) is 0 Å². The first kappa shape index (κ1) is 20.3. The molecule has 0 saturated carbocycles. The Balaban J connectivity index is 1.31. The largest absolute Gasteiger partial charge is 0.380 e.